The molecule has 0 fully saturated rings. The van der Waals surface area contributed by atoms with Gasteiger partial charge in [0.05, 0.1) is 28.3 Å². The Labute approximate surface area is 152 Å². The number of rotatable bonds is 1. The average Bonchev–Trinajstić information content (AvgIpc) is 3.31. The van der Waals surface area contributed by atoms with Crippen LogP contribution in [0.4, 0.5) is 0 Å². The topological polar surface area (TPSA) is 39.0 Å². The van der Waals surface area contributed by atoms with Crippen LogP contribution in [0.15, 0.2) is 67.1 Å². The Hall–Kier alpha value is -3.25. The van der Waals surface area contributed by atoms with Gasteiger partial charge in [-0.1, -0.05) is 23.5 Å². The Morgan fingerprint density at radius 3 is 2.88 bits per heavy atom. The number of aryl methyl sites for hydroxylation is 1. The molecule has 0 radical (unpaired) electrons. The first kappa shape index (κ1) is 14.0. The molecule has 0 atom stereocenters. The minimum atomic E-state index is 0.955. The molecule has 26 heavy (non-hydrogen) atoms. The fraction of sp³-hybridized carbons (Fsp3) is 0.0500. The van der Waals surface area contributed by atoms with Gasteiger partial charge >= 0.3 is 0 Å². The molecule has 124 valence electrons. The number of thiazole rings is 1. The molecule has 0 aliphatic carbocycles. The van der Waals surface area contributed by atoms with E-state index in [-0.39, 0.29) is 0 Å². The highest BCUT2D eigenvalue weighted by Gasteiger charge is 2.18. The number of nitrogens with zero attached hydrogens (tertiary/aromatic N) is 5. The Kier molecular flexibility index (Phi) is 2.63. The first-order valence-electron chi connectivity index (χ1n) is 8.41. The minimum absolute atomic E-state index is 0.955. The molecular formula is C20H14N5S+. The van der Waals surface area contributed by atoms with Crippen LogP contribution in [0.1, 0.15) is 0 Å². The van der Waals surface area contributed by atoms with Crippen molar-refractivity contribution in [2.45, 2.75) is 0 Å². The van der Waals surface area contributed by atoms with Gasteiger partial charge in [-0.2, -0.15) is 4.57 Å². The Morgan fingerprint density at radius 2 is 1.92 bits per heavy atom. The summed E-state index contributed by atoms with van der Waals surface area (Å²) in [6.45, 7) is 0. The number of imidazole rings is 2. The predicted molar refractivity (Wildman–Crippen MR) is 104 cm³/mol. The number of pyridine rings is 1. The summed E-state index contributed by atoms with van der Waals surface area (Å²) < 4.78 is 7.72. The Balaban J connectivity index is 1.70. The number of hydrogen-bond acceptors (Lipinski definition) is 3. The average molecular weight is 356 g/mol. The lowest BCUT2D eigenvalue weighted by atomic mass is 10.2. The van der Waals surface area contributed by atoms with Crippen molar-refractivity contribution in [3.63, 3.8) is 0 Å². The van der Waals surface area contributed by atoms with Gasteiger partial charge in [-0.3, -0.25) is 4.40 Å². The molecule has 6 heteroatoms. The molecule has 2 aromatic carbocycles. The molecule has 6 rings (SSSR count). The summed E-state index contributed by atoms with van der Waals surface area (Å²) in [6.07, 6.45) is 3.91. The van der Waals surface area contributed by atoms with E-state index in [1.165, 1.54) is 10.2 Å². The summed E-state index contributed by atoms with van der Waals surface area (Å²) in [5.74, 6) is 0. The van der Waals surface area contributed by atoms with Gasteiger partial charge in [0.15, 0.2) is 10.5 Å². The third kappa shape index (κ3) is 1.76. The highest BCUT2D eigenvalue weighted by Crippen LogP contribution is 2.31. The van der Waals surface area contributed by atoms with Gasteiger partial charge in [0, 0.05) is 12.3 Å². The van der Waals surface area contributed by atoms with Gasteiger partial charge in [0.1, 0.15) is 5.69 Å². The molecule has 0 saturated carbocycles. The molecule has 0 aliphatic rings. The van der Waals surface area contributed by atoms with E-state index in [2.05, 4.69) is 67.3 Å². The second-order valence-electron chi connectivity index (χ2n) is 6.42. The zero-order valence-electron chi connectivity index (χ0n) is 14.0. The van der Waals surface area contributed by atoms with Gasteiger partial charge in [-0.25, -0.2) is 14.5 Å². The normalized spacial score (nSPS) is 12.0. The van der Waals surface area contributed by atoms with Crippen molar-refractivity contribution in [3.8, 4) is 5.69 Å². The highest BCUT2D eigenvalue weighted by molar-refractivity contribution is 7.23. The molecule has 0 spiro atoms. The smallest absolute Gasteiger partial charge is 0.273 e. The van der Waals surface area contributed by atoms with Crippen LogP contribution in [-0.4, -0.2) is 18.9 Å². The van der Waals surface area contributed by atoms with E-state index in [4.69, 9.17) is 4.98 Å². The van der Waals surface area contributed by atoms with Crippen molar-refractivity contribution in [2.24, 2.45) is 7.05 Å². The van der Waals surface area contributed by atoms with E-state index >= 15 is 0 Å². The lowest BCUT2D eigenvalue weighted by Gasteiger charge is -1.99. The number of benzene rings is 2. The van der Waals surface area contributed by atoms with E-state index in [0.29, 0.717) is 0 Å². The van der Waals surface area contributed by atoms with E-state index in [1.807, 2.05) is 25.4 Å². The minimum Gasteiger partial charge on any atom is -0.283 e. The van der Waals surface area contributed by atoms with Gasteiger partial charge < -0.3 is 0 Å². The highest BCUT2D eigenvalue weighted by atomic mass is 32.1. The molecule has 0 amide bonds. The Bertz CT molecular complexity index is 1450. The van der Waals surface area contributed by atoms with Crippen molar-refractivity contribution < 1.29 is 4.57 Å². The van der Waals surface area contributed by atoms with Crippen LogP contribution in [0, 0.1) is 0 Å². The third-order valence-corrected chi connectivity index (χ3v) is 5.88. The molecule has 0 unspecified atom stereocenters. The number of fused-ring (bicyclic) bond motifs is 6. The molecular weight excluding hydrogens is 342 g/mol. The van der Waals surface area contributed by atoms with Crippen LogP contribution in [-0.2, 0) is 7.05 Å². The van der Waals surface area contributed by atoms with E-state index < -0.39 is 0 Å². The van der Waals surface area contributed by atoms with Crippen LogP contribution >= 0.6 is 11.3 Å². The number of hydrogen-bond donors (Lipinski definition) is 0. The van der Waals surface area contributed by atoms with Gasteiger partial charge in [0.2, 0.25) is 0 Å². The van der Waals surface area contributed by atoms with Crippen molar-refractivity contribution in [1.82, 2.24) is 18.9 Å². The van der Waals surface area contributed by atoms with Gasteiger partial charge in [-0.15, -0.1) is 0 Å². The predicted octanol–water partition coefficient (Wildman–Crippen LogP) is 3.87. The summed E-state index contributed by atoms with van der Waals surface area (Å²) in [5, 5.41) is 0. The maximum absolute atomic E-state index is 4.77. The lowest BCUT2D eigenvalue weighted by molar-refractivity contribution is -0.645. The first-order chi connectivity index (χ1) is 12.8. The monoisotopic (exact) mass is 356 g/mol. The largest absolute Gasteiger partial charge is 0.283 e. The first-order valence-corrected chi connectivity index (χ1v) is 9.23. The van der Waals surface area contributed by atoms with Gasteiger partial charge in [-0.05, 0) is 36.4 Å². The summed E-state index contributed by atoms with van der Waals surface area (Å²) in [5.41, 5.74) is 6.51. The zero-order chi connectivity index (χ0) is 17.3. The number of aromatic nitrogens is 5. The van der Waals surface area contributed by atoms with Crippen molar-refractivity contribution >= 4 is 48.7 Å². The zero-order valence-corrected chi connectivity index (χ0v) is 14.8. The van der Waals surface area contributed by atoms with Crippen LogP contribution < -0.4 is 4.57 Å². The van der Waals surface area contributed by atoms with Crippen LogP contribution in [0.3, 0.4) is 0 Å². The van der Waals surface area contributed by atoms with Crippen molar-refractivity contribution in [2.75, 3.05) is 0 Å². The fourth-order valence-electron chi connectivity index (χ4n) is 3.65. The van der Waals surface area contributed by atoms with Gasteiger partial charge in [0.25, 0.3) is 12.0 Å². The molecule has 4 aromatic heterocycles. The lowest BCUT2D eigenvalue weighted by Crippen LogP contribution is -2.25. The SMILES string of the molecule is C[n+]1cn(-c2ccc3sc4nc5ccccc5n4c3c2)c2ncccc21. The molecule has 4 heterocycles. The van der Waals surface area contributed by atoms with Crippen LogP contribution in [0.2, 0.25) is 0 Å². The van der Waals surface area contributed by atoms with E-state index in [9.17, 15) is 0 Å². The maximum atomic E-state index is 4.77. The summed E-state index contributed by atoms with van der Waals surface area (Å²) in [4.78, 5) is 10.4. The molecule has 0 saturated heterocycles. The molecule has 6 aromatic rings. The second-order valence-corrected chi connectivity index (χ2v) is 7.42. The van der Waals surface area contributed by atoms with Crippen LogP contribution in [0.25, 0.3) is 43.1 Å². The molecule has 5 nitrogen and oxygen atoms in total. The number of para-hydroxylation sites is 2. The molecule has 0 N–H and O–H groups in total. The summed E-state index contributed by atoms with van der Waals surface area (Å²) >= 11 is 1.72. The summed E-state index contributed by atoms with van der Waals surface area (Å²) in [6, 6.07) is 18.9. The van der Waals surface area contributed by atoms with Crippen molar-refractivity contribution in [3.05, 3.63) is 67.1 Å². The Morgan fingerprint density at radius 1 is 1.00 bits per heavy atom. The van der Waals surface area contributed by atoms with E-state index in [0.717, 1.165) is 32.8 Å². The maximum Gasteiger partial charge on any atom is 0.273 e. The fourth-order valence-corrected chi connectivity index (χ4v) is 4.67. The molecule has 0 aliphatic heterocycles. The quantitative estimate of drug-likeness (QED) is 0.420. The molecule has 0 bridgehead atoms. The van der Waals surface area contributed by atoms with Crippen molar-refractivity contribution in [1.29, 1.82) is 0 Å². The van der Waals surface area contributed by atoms with E-state index in [1.54, 1.807) is 11.3 Å². The van der Waals surface area contributed by atoms with Crippen LogP contribution in [0.5, 0.6) is 0 Å². The second kappa shape index (κ2) is 4.89. The third-order valence-electron chi connectivity index (χ3n) is 4.86. The summed E-state index contributed by atoms with van der Waals surface area (Å²) in [7, 11) is 2.05. The standard InChI is InChI=1S/C20H14N5S/c1-23-12-24(19-16(23)7-4-10-21-19)13-8-9-18-17(11-13)25-15-6-3-2-5-14(15)22-20(25)26-18/h2-12H,1H3/q+1.